The molecule has 0 aromatic carbocycles. The Kier molecular flexibility index (Phi) is 3.62. The van der Waals surface area contributed by atoms with Crippen molar-refractivity contribution in [2.45, 2.75) is 26.7 Å². The predicted molar refractivity (Wildman–Crippen MR) is 71.6 cm³/mol. The van der Waals surface area contributed by atoms with Gasteiger partial charge in [-0.05, 0) is 38.9 Å². The molecule has 2 aromatic rings. The molecule has 0 aliphatic heterocycles. The van der Waals surface area contributed by atoms with Gasteiger partial charge in [0.05, 0.1) is 11.4 Å². The van der Waals surface area contributed by atoms with Crippen LogP contribution in [0.4, 0.5) is 5.69 Å². The zero-order chi connectivity index (χ0) is 13.1. The van der Waals surface area contributed by atoms with Crippen molar-refractivity contribution < 1.29 is 4.79 Å². The van der Waals surface area contributed by atoms with E-state index in [1.807, 2.05) is 36.6 Å². The quantitative estimate of drug-likeness (QED) is 0.861. The van der Waals surface area contributed by atoms with Crippen LogP contribution in [0.2, 0.25) is 0 Å². The molecule has 18 heavy (non-hydrogen) atoms. The highest BCUT2D eigenvalue weighted by molar-refractivity contribution is 5.90. The molecule has 5 nitrogen and oxygen atoms in total. The van der Waals surface area contributed by atoms with Gasteiger partial charge in [-0.15, -0.1) is 0 Å². The van der Waals surface area contributed by atoms with Crippen molar-refractivity contribution >= 4 is 17.2 Å². The van der Waals surface area contributed by atoms with Crippen LogP contribution in [0.15, 0.2) is 18.3 Å². The lowest BCUT2D eigenvalue weighted by Crippen LogP contribution is -2.13. The molecule has 0 radical (unpaired) electrons. The van der Waals surface area contributed by atoms with Gasteiger partial charge >= 0.3 is 0 Å². The minimum Gasteiger partial charge on any atom is -0.330 e. The topological polar surface area (TPSA) is 72.4 Å². The minimum absolute atomic E-state index is 0.00529. The van der Waals surface area contributed by atoms with Crippen LogP contribution in [0.5, 0.6) is 0 Å². The van der Waals surface area contributed by atoms with Crippen molar-refractivity contribution in [1.29, 1.82) is 0 Å². The SMILES string of the molecule is Cc1nc2ccc(NC(=O)CCCN)cn2c1C. The van der Waals surface area contributed by atoms with Crippen LogP contribution in [-0.2, 0) is 4.79 Å². The minimum atomic E-state index is -0.00529. The van der Waals surface area contributed by atoms with Crippen LogP contribution in [0.1, 0.15) is 24.2 Å². The molecule has 0 fully saturated rings. The summed E-state index contributed by atoms with van der Waals surface area (Å²) >= 11 is 0. The van der Waals surface area contributed by atoms with Gasteiger partial charge in [0.15, 0.2) is 0 Å². The zero-order valence-electron chi connectivity index (χ0n) is 10.7. The summed E-state index contributed by atoms with van der Waals surface area (Å²) in [5.74, 6) is -0.00529. The van der Waals surface area contributed by atoms with E-state index in [4.69, 9.17) is 5.73 Å². The first-order chi connectivity index (χ1) is 8.61. The van der Waals surface area contributed by atoms with Gasteiger partial charge in [0, 0.05) is 18.3 Å². The number of aryl methyl sites for hydroxylation is 2. The number of fused-ring (bicyclic) bond motifs is 1. The Balaban J connectivity index is 2.19. The Morgan fingerprint density at radius 1 is 1.44 bits per heavy atom. The molecule has 2 heterocycles. The normalized spacial score (nSPS) is 10.8. The number of amides is 1. The van der Waals surface area contributed by atoms with Crippen LogP contribution in [-0.4, -0.2) is 21.8 Å². The summed E-state index contributed by atoms with van der Waals surface area (Å²) in [6.45, 7) is 4.52. The summed E-state index contributed by atoms with van der Waals surface area (Å²) < 4.78 is 1.98. The van der Waals surface area contributed by atoms with Crippen LogP contribution in [0, 0.1) is 13.8 Å². The Morgan fingerprint density at radius 3 is 2.94 bits per heavy atom. The third-order valence-electron chi connectivity index (χ3n) is 2.99. The molecule has 0 aliphatic carbocycles. The Labute approximate surface area is 106 Å². The number of anilines is 1. The average molecular weight is 246 g/mol. The molecule has 5 heteroatoms. The molecule has 0 atom stereocenters. The molecular formula is C13H18N4O. The van der Waals surface area contributed by atoms with Crippen LogP contribution >= 0.6 is 0 Å². The second kappa shape index (κ2) is 5.18. The van der Waals surface area contributed by atoms with Crippen LogP contribution in [0.25, 0.3) is 5.65 Å². The fraction of sp³-hybridized carbons (Fsp3) is 0.385. The lowest BCUT2D eigenvalue weighted by Gasteiger charge is -2.06. The van der Waals surface area contributed by atoms with Crippen molar-refractivity contribution in [2.24, 2.45) is 5.73 Å². The van der Waals surface area contributed by atoms with Crippen molar-refractivity contribution in [3.05, 3.63) is 29.7 Å². The van der Waals surface area contributed by atoms with Crippen LogP contribution in [0.3, 0.4) is 0 Å². The zero-order valence-corrected chi connectivity index (χ0v) is 10.7. The first-order valence-corrected chi connectivity index (χ1v) is 6.07. The van der Waals surface area contributed by atoms with E-state index in [9.17, 15) is 4.79 Å². The third-order valence-corrected chi connectivity index (χ3v) is 2.99. The molecule has 2 rings (SSSR count). The van der Waals surface area contributed by atoms with Gasteiger partial charge in [0.25, 0.3) is 0 Å². The van der Waals surface area contributed by atoms with Gasteiger partial charge < -0.3 is 15.5 Å². The van der Waals surface area contributed by atoms with E-state index in [2.05, 4.69) is 10.3 Å². The number of nitrogens with zero attached hydrogens (tertiary/aromatic N) is 2. The second-order valence-electron chi connectivity index (χ2n) is 4.37. The molecule has 96 valence electrons. The van der Waals surface area contributed by atoms with E-state index in [0.717, 1.165) is 22.7 Å². The number of carbonyl (C=O) groups excluding carboxylic acids is 1. The fourth-order valence-electron chi connectivity index (χ4n) is 1.84. The number of nitrogens with two attached hydrogens (primary N) is 1. The fourth-order valence-corrected chi connectivity index (χ4v) is 1.84. The summed E-state index contributed by atoms with van der Waals surface area (Å²) in [5.41, 5.74) is 9.14. The predicted octanol–water partition coefficient (Wildman–Crippen LogP) is 1.63. The largest absolute Gasteiger partial charge is 0.330 e. The number of pyridine rings is 1. The van der Waals surface area contributed by atoms with E-state index in [-0.39, 0.29) is 5.91 Å². The molecular weight excluding hydrogens is 228 g/mol. The Hall–Kier alpha value is -1.88. The number of aromatic nitrogens is 2. The maximum absolute atomic E-state index is 11.6. The van der Waals surface area contributed by atoms with E-state index < -0.39 is 0 Å². The van der Waals surface area contributed by atoms with E-state index in [1.54, 1.807) is 0 Å². The number of carbonyl (C=O) groups is 1. The smallest absolute Gasteiger partial charge is 0.224 e. The monoisotopic (exact) mass is 246 g/mol. The maximum atomic E-state index is 11.6. The number of imidazole rings is 1. The number of hydrogen-bond acceptors (Lipinski definition) is 3. The summed E-state index contributed by atoms with van der Waals surface area (Å²) in [6.07, 6.45) is 3.05. The molecule has 0 bridgehead atoms. The van der Waals surface area contributed by atoms with Gasteiger partial charge in [0.1, 0.15) is 5.65 Å². The van der Waals surface area contributed by atoms with Crippen molar-refractivity contribution in [2.75, 3.05) is 11.9 Å². The van der Waals surface area contributed by atoms with Crippen LogP contribution < -0.4 is 11.1 Å². The molecule has 3 N–H and O–H groups in total. The lowest BCUT2D eigenvalue weighted by atomic mass is 10.3. The summed E-state index contributed by atoms with van der Waals surface area (Å²) in [5, 5.41) is 2.86. The van der Waals surface area contributed by atoms with Gasteiger partial charge in [-0.1, -0.05) is 0 Å². The molecule has 2 aromatic heterocycles. The summed E-state index contributed by atoms with van der Waals surface area (Å²) in [7, 11) is 0. The molecule has 0 unspecified atom stereocenters. The highest BCUT2D eigenvalue weighted by atomic mass is 16.1. The Bertz CT molecular complexity index is 574. The highest BCUT2D eigenvalue weighted by Gasteiger charge is 2.06. The van der Waals surface area contributed by atoms with E-state index in [1.165, 1.54) is 0 Å². The third kappa shape index (κ3) is 2.51. The average Bonchev–Trinajstić information content (AvgIpc) is 2.63. The lowest BCUT2D eigenvalue weighted by molar-refractivity contribution is -0.116. The molecule has 1 amide bonds. The standard InChI is InChI=1S/C13H18N4O/c1-9-10(2)17-8-11(5-6-12(17)15-9)16-13(18)4-3-7-14/h5-6,8H,3-4,7,14H2,1-2H3,(H,16,18). The van der Waals surface area contributed by atoms with E-state index >= 15 is 0 Å². The van der Waals surface area contributed by atoms with Crippen molar-refractivity contribution in [3.8, 4) is 0 Å². The first kappa shape index (κ1) is 12.6. The molecule has 0 aliphatic rings. The van der Waals surface area contributed by atoms with Crippen molar-refractivity contribution in [3.63, 3.8) is 0 Å². The van der Waals surface area contributed by atoms with Gasteiger partial charge in [-0.25, -0.2) is 4.98 Å². The highest BCUT2D eigenvalue weighted by Crippen LogP contribution is 2.15. The Morgan fingerprint density at radius 2 is 2.22 bits per heavy atom. The first-order valence-electron chi connectivity index (χ1n) is 6.07. The van der Waals surface area contributed by atoms with Gasteiger partial charge in [-0.3, -0.25) is 4.79 Å². The van der Waals surface area contributed by atoms with Gasteiger partial charge in [0.2, 0.25) is 5.91 Å². The number of nitrogens with one attached hydrogen (secondary N) is 1. The maximum Gasteiger partial charge on any atom is 0.224 e. The number of hydrogen-bond donors (Lipinski definition) is 2. The van der Waals surface area contributed by atoms with Crippen molar-refractivity contribution in [1.82, 2.24) is 9.38 Å². The molecule has 0 saturated heterocycles. The second-order valence-corrected chi connectivity index (χ2v) is 4.37. The molecule has 0 spiro atoms. The van der Waals surface area contributed by atoms with E-state index in [0.29, 0.717) is 19.4 Å². The summed E-state index contributed by atoms with van der Waals surface area (Å²) in [6, 6.07) is 3.76. The summed E-state index contributed by atoms with van der Waals surface area (Å²) in [4.78, 5) is 16.0. The molecule has 0 saturated carbocycles. The van der Waals surface area contributed by atoms with Gasteiger partial charge in [-0.2, -0.15) is 0 Å². The number of rotatable bonds is 4.